The summed E-state index contributed by atoms with van der Waals surface area (Å²) in [5.74, 6) is 0.459. The molecule has 0 amide bonds. The van der Waals surface area contributed by atoms with E-state index in [9.17, 15) is 4.79 Å². The molecule has 0 saturated carbocycles. The highest BCUT2D eigenvalue weighted by atomic mass is 16.2. The summed E-state index contributed by atoms with van der Waals surface area (Å²) in [6.07, 6.45) is 1.63. The van der Waals surface area contributed by atoms with Gasteiger partial charge in [-0.25, -0.2) is 4.79 Å². The largest absolute Gasteiger partial charge is 0.346 e. The molecule has 0 aliphatic rings. The van der Waals surface area contributed by atoms with Crippen molar-refractivity contribution >= 4 is 0 Å². The number of hydrogen-bond acceptors (Lipinski definition) is 4. The van der Waals surface area contributed by atoms with Crippen LogP contribution in [0.2, 0.25) is 0 Å². The highest BCUT2D eigenvalue weighted by molar-refractivity contribution is 5.48. The van der Waals surface area contributed by atoms with Crippen molar-refractivity contribution < 1.29 is 0 Å². The van der Waals surface area contributed by atoms with Crippen LogP contribution in [0.25, 0.3) is 11.5 Å². The van der Waals surface area contributed by atoms with E-state index in [1.165, 1.54) is 4.57 Å². The first-order valence-electron chi connectivity index (χ1n) is 4.66. The standard InChI is InChI=1S/C10H9N5O/c1-14-9(8-4-2-3-6-12-8)13-15(7-5-11)10(14)16/h2-4,6H,7H2,1H3. The average Bonchev–Trinajstić information content (AvgIpc) is 2.59. The van der Waals surface area contributed by atoms with Crippen molar-refractivity contribution in [2.24, 2.45) is 7.05 Å². The van der Waals surface area contributed by atoms with Crippen LogP contribution in [0.15, 0.2) is 29.2 Å². The summed E-state index contributed by atoms with van der Waals surface area (Å²) in [6.45, 7) is -0.0560. The number of nitriles is 1. The Hall–Kier alpha value is -2.42. The summed E-state index contributed by atoms with van der Waals surface area (Å²) in [7, 11) is 1.60. The predicted octanol–water partition coefficient (Wildman–Crippen LogP) is 0.167. The Balaban J connectivity index is 2.56. The fraction of sp³-hybridized carbons (Fsp3) is 0.200. The van der Waals surface area contributed by atoms with Crippen molar-refractivity contribution in [1.82, 2.24) is 19.3 Å². The zero-order valence-electron chi connectivity index (χ0n) is 8.66. The molecule has 2 aromatic heterocycles. The van der Waals surface area contributed by atoms with E-state index in [0.717, 1.165) is 4.68 Å². The van der Waals surface area contributed by atoms with E-state index in [4.69, 9.17) is 5.26 Å². The molecule has 80 valence electrons. The van der Waals surface area contributed by atoms with Gasteiger partial charge in [0, 0.05) is 13.2 Å². The summed E-state index contributed by atoms with van der Waals surface area (Å²) in [6, 6.07) is 7.25. The number of aromatic nitrogens is 4. The maximum absolute atomic E-state index is 11.6. The SMILES string of the molecule is Cn1c(-c2ccccn2)nn(CC#N)c1=O. The van der Waals surface area contributed by atoms with Gasteiger partial charge in [-0.2, -0.15) is 9.94 Å². The minimum absolute atomic E-state index is 0.0560. The van der Waals surface area contributed by atoms with Gasteiger partial charge >= 0.3 is 5.69 Å². The first-order chi connectivity index (χ1) is 7.74. The van der Waals surface area contributed by atoms with E-state index in [1.807, 2.05) is 12.1 Å². The molecular weight excluding hydrogens is 206 g/mol. The third kappa shape index (κ3) is 1.59. The molecule has 0 aromatic carbocycles. The normalized spacial score (nSPS) is 10.0. The Bertz CT molecular complexity index is 590. The summed E-state index contributed by atoms with van der Waals surface area (Å²) in [4.78, 5) is 15.7. The number of nitrogens with zero attached hydrogens (tertiary/aromatic N) is 5. The molecule has 0 bridgehead atoms. The quantitative estimate of drug-likeness (QED) is 0.715. The molecular formula is C10H9N5O. The summed E-state index contributed by atoms with van der Waals surface area (Å²) in [5.41, 5.74) is 0.293. The topological polar surface area (TPSA) is 76.5 Å². The third-order valence-corrected chi connectivity index (χ3v) is 2.16. The van der Waals surface area contributed by atoms with Gasteiger partial charge < -0.3 is 0 Å². The van der Waals surface area contributed by atoms with E-state index >= 15 is 0 Å². The van der Waals surface area contributed by atoms with Crippen LogP contribution in [0.5, 0.6) is 0 Å². The van der Waals surface area contributed by atoms with E-state index < -0.39 is 0 Å². The van der Waals surface area contributed by atoms with E-state index in [-0.39, 0.29) is 12.2 Å². The zero-order valence-corrected chi connectivity index (χ0v) is 8.66. The lowest BCUT2D eigenvalue weighted by molar-refractivity contribution is 0.666. The van der Waals surface area contributed by atoms with Crippen molar-refractivity contribution in [3.05, 3.63) is 34.9 Å². The maximum Gasteiger partial charge on any atom is 0.346 e. The minimum Gasteiger partial charge on any atom is -0.277 e. The molecule has 0 unspecified atom stereocenters. The van der Waals surface area contributed by atoms with Crippen LogP contribution in [0.4, 0.5) is 0 Å². The van der Waals surface area contributed by atoms with Crippen LogP contribution in [0.3, 0.4) is 0 Å². The Labute approximate surface area is 91.4 Å². The second-order valence-corrected chi connectivity index (χ2v) is 3.20. The zero-order chi connectivity index (χ0) is 11.5. The van der Waals surface area contributed by atoms with Gasteiger partial charge in [-0.15, -0.1) is 5.10 Å². The first-order valence-corrected chi connectivity index (χ1v) is 4.66. The smallest absolute Gasteiger partial charge is 0.277 e. The molecule has 0 aliphatic carbocycles. The lowest BCUT2D eigenvalue weighted by atomic mass is 10.3. The monoisotopic (exact) mass is 215 g/mol. The second kappa shape index (κ2) is 3.98. The molecule has 0 N–H and O–H groups in total. The van der Waals surface area contributed by atoms with E-state index in [2.05, 4.69) is 10.1 Å². The minimum atomic E-state index is -0.317. The van der Waals surface area contributed by atoms with Gasteiger partial charge in [-0.1, -0.05) is 6.07 Å². The van der Waals surface area contributed by atoms with Crippen LogP contribution in [0.1, 0.15) is 0 Å². The lowest BCUT2D eigenvalue weighted by Gasteiger charge is -1.96. The maximum atomic E-state index is 11.6. The fourth-order valence-corrected chi connectivity index (χ4v) is 1.38. The molecule has 0 aliphatic heterocycles. The summed E-state index contributed by atoms with van der Waals surface area (Å²) in [5, 5.41) is 12.6. The van der Waals surface area contributed by atoms with E-state index in [0.29, 0.717) is 11.5 Å². The summed E-state index contributed by atoms with van der Waals surface area (Å²) >= 11 is 0. The molecule has 0 radical (unpaired) electrons. The highest BCUT2D eigenvalue weighted by Gasteiger charge is 2.11. The molecule has 2 heterocycles. The predicted molar refractivity (Wildman–Crippen MR) is 56.3 cm³/mol. The van der Waals surface area contributed by atoms with Gasteiger partial charge in [0.2, 0.25) is 0 Å². The molecule has 0 fully saturated rings. The molecule has 0 saturated heterocycles. The number of pyridine rings is 1. The van der Waals surface area contributed by atoms with Crippen molar-refractivity contribution in [2.75, 3.05) is 0 Å². The van der Waals surface area contributed by atoms with Crippen LogP contribution in [-0.2, 0) is 13.6 Å². The molecule has 16 heavy (non-hydrogen) atoms. The molecule has 6 heteroatoms. The molecule has 6 nitrogen and oxygen atoms in total. The first kappa shape index (κ1) is 10.1. The van der Waals surface area contributed by atoms with Gasteiger partial charge in [0.05, 0.1) is 6.07 Å². The second-order valence-electron chi connectivity index (χ2n) is 3.20. The third-order valence-electron chi connectivity index (χ3n) is 2.16. The van der Waals surface area contributed by atoms with Crippen LogP contribution >= 0.6 is 0 Å². The number of hydrogen-bond donors (Lipinski definition) is 0. The Morgan fingerprint density at radius 2 is 2.31 bits per heavy atom. The number of rotatable bonds is 2. The average molecular weight is 215 g/mol. The van der Waals surface area contributed by atoms with Crippen LogP contribution in [-0.4, -0.2) is 19.3 Å². The fourth-order valence-electron chi connectivity index (χ4n) is 1.38. The molecule has 0 spiro atoms. The molecule has 0 atom stereocenters. The molecule has 2 rings (SSSR count). The van der Waals surface area contributed by atoms with Crippen molar-refractivity contribution in [2.45, 2.75) is 6.54 Å². The van der Waals surface area contributed by atoms with Crippen LogP contribution < -0.4 is 5.69 Å². The summed E-state index contributed by atoms with van der Waals surface area (Å²) < 4.78 is 2.49. The van der Waals surface area contributed by atoms with Gasteiger partial charge in [0.25, 0.3) is 0 Å². The highest BCUT2D eigenvalue weighted by Crippen LogP contribution is 2.09. The Morgan fingerprint density at radius 3 is 2.94 bits per heavy atom. The van der Waals surface area contributed by atoms with Crippen molar-refractivity contribution in [1.29, 1.82) is 5.26 Å². The van der Waals surface area contributed by atoms with Crippen molar-refractivity contribution in [3.63, 3.8) is 0 Å². The van der Waals surface area contributed by atoms with Gasteiger partial charge in [0.15, 0.2) is 5.82 Å². The Morgan fingerprint density at radius 1 is 1.50 bits per heavy atom. The van der Waals surface area contributed by atoms with Gasteiger partial charge in [-0.3, -0.25) is 9.55 Å². The van der Waals surface area contributed by atoms with Gasteiger partial charge in [-0.05, 0) is 12.1 Å². The Kier molecular flexibility index (Phi) is 2.52. The van der Waals surface area contributed by atoms with Crippen LogP contribution in [0, 0.1) is 11.3 Å². The van der Waals surface area contributed by atoms with Crippen molar-refractivity contribution in [3.8, 4) is 17.6 Å². The van der Waals surface area contributed by atoms with E-state index in [1.54, 1.807) is 25.4 Å². The van der Waals surface area contributed by atoms with Gasteiger partial charge in [0.1, 0.15) is 12.2 Å². The molecule has 2 aromatic rings. The lowest BCUT2D eigenvalue weighted by Crippen LogP contribution is -2.22.